The van der Waals surface area contributed by atoms with E-state index in [1.165, 1.54) is 22.7 Å². The standard InChI is InChI=1S/C12H13N5OS3/c1-2-3-13-10-15-16-12(21-10)20-7-8-6-9(18)17-4-5-19-11(17)14-8/h4-6H,2-3,7H2,1H3,(H,13,15). The Morgan fingerprint density at radius 2 is 2.33 bits per heavy atom. The maximum Gasteiger partial charge on any atom is 0.258 e. The van der Waals surface area contributed by atoms with Gasteiger partial charge in [0.1, 0.15) is 0 Å². The van der Waals surface area contributed by atoms with Gasteiger partial charge in [0.05, 0.1) is 5.69 Å². The molecule has 0 saturated carbocycles. The lowest BCUT2D eigenvalue weighted by molar-refractivity contribution is 0.951. The Labute approximate surface area is 133 Å². The Hall–Kier alpha value is -1.45. The van der Waals surface area contributed by atoms with Gasteiger partial charge in [-0.1, -0.05) is 30.0 Å². The van der Waals surface area contributed by atoms with Crippen molar-refractivity contribution < 1.29 is 0 Å². The van der Waals surface area contributed by atoms with Crippen LogP contribution in [0.1, 0.15) is 19.0 Å². The molecule has 0 aliphatic rings. The molecule has 3 rings (SSSR count). The van der Waals surface area contributed by atoms with Crippen LogP contribution in [0.4, 0.5) is 5.13 Å². The Morgan fingerprint density at radius 1 is 1.43 bits per heavy atom. The minimum atomic E-state index is -0.0422. The first-order valence-electron chi connectivity index (χ1n) is 6.42. The fourth-order valence-corrected chi connectivity index (χ4v) is 4.08. The van der Waals surface area contributed by atoms with Gasteiger partial charge in [-0.05, 0) is 6.42 Å². The predicted molar refractivity (Wildman–Crippen MR) is 87.6 cm³/mol. The van der Waals surface area contributed by atoms with Crippen LogP contribution >= 0.6 is 34.4 Å². The molecule has 1 N–H and O–H groups in total. The second-order valence-corrected chi connectivity index (χ2v) is 7.30. The summed E-state index contributed by atoms with van der Waals surface area (Å²) in [5, 5.41) is 14.1. The Bertz CT molecular complexity index is 793. The van der Waals surface area contributed by atoms with E-state index >= 15 is 0 Å². The molecule has 0 bridgehead atoms. The summed E-state index contributed by atoms with van der Waals surface area (Å²) in [4.78, 5) is 17.1. The second-order valence-electron chi connectivity index (χ2n) is 4.23. The summed E-state index contributed by atoms with van der Waals surface area (Å²) in [5.41, 5.74) is 0.727. The number of thioether (sulfide) groups is 1. The first-order valence-corrected chi connectivity index (χ1v) is 9.10. The van der Waals surface area contributed by atoms with E-state index in [1.54, 1.807) is 28.4 Å². The van der Waals surface area contributed by atoms with Gasteiger partial charge in [0.15, 0.2) is 9.30 Å². The van der Waals surface area contributed by atoms with Gasteiger partial charge < -0.3 is 5.32 Å². The summed E-state index contributed by atoms with van der Waals surface area (Å²) in [7, 11) is 0. The molecule has 0 aliphatic heterocycles. The lowest BCUT2D eigenvalue weighted by Crippen LogP contribution is -2.12. The average Bonchev–Trinajstić information content (AvgIpc) is 3.12. The molecule has 0 amide bonds. The molecule has 9 heteroatoms. The third-order valence-electron chi connectivity index (χ3n) is 2.63. The van der Waals surface area contributed by atoms with E-state index in [1.807, 2.05) is 5.38 Å². The minimum absolute atomic E-state index is 0.0422. The highest BCUT2D eigenvalue weighted by Gasteiger charge is 2.07. The van der Waals surface area contributed by atoms with Gasteiger partial charge in [0.2, 0.25) is 5.13 Å². The molecule has 3 heterocycles. The molecule has 3 aromatic heterocycles. The van der Waals surface area contributed by atoms with Crippen LogP contribution in [0, 0.1) is 0 Å². The number of anilines is 1. The molecule has 0 radical (unpaired) electrons. The Morgan fingerprint density at radius 3 is 3.19 bits per heavy atom. The third-order valence-corrected chi connectivity index (χ3v) is 5.44. The normalized spacial score (nSPS) is 11.1. The Balaban J connectivity index is 1.68. The Kier molecular flexibility index (Phi) is 4.51. The first-order chi connectivity index (χ1) is 10.3. The van der Waals surface area contributed by atoms with Crippen molar-refractivity contribution in [1.29, 1.82) is 0 Å². The van der Waals surface area contributed by atoms with Crippen LogP contribution in [-0.4, -0.2) is 26.1 Å². The smallest absolute Gasteiger partial charge is 0.258 e. The lowest BCUT2D eigenvalue weighted by Gasteiger charge is -1.98. The summed E-state index contributed by atoms with van der Waals surface area (Å²) in [6.45, 7) is 3.00. The summed E-state index contributed by atoms with van der Waals surface area (Å²) in [6, 6.07) is 1.57. The van der Waals surface area contributed by atoms with Crippen molar-refractivity contribution in [3.05, 3.63) is 33.7 Å². The monoisotopic (exact) mass is 339 g/mol. The SMILES string of the molecule is CCCNc1nnc(SCc2cc(=O)n3ccsc3n2)s1. The van der Waals surface area contributed by atoms with Gasteiger partial charge in [-0.15, -0.1) is 21.5 Å². The van der Waals surface area contributed by atoms with Gasteiger partial charge in [-0.3, -0.25) is 9.20 Å². The molecule has 0 fully saturated rings. The third kappa shape index (κ3) is 3.42. The maximum atomic E-state index is 11.9. The summed E-state index contributed by atoms with van der Waals surface area (Å²) in [5.74, 6) is 0.617. The zero-order chi connectivity index (χ0) is 14.7. The minimum Gasteiger partial charge on any atom is -0.360 e. The van der Waals surface area contributed by atoms with Crippen LogP contribution in [0.2, 0.25) is 0 Å². The highest BCUT2D eigenvalue weighted by atomic mass is 32.2. The number of aromatic nitrogens is 4. The largest absolute Gasteiger partial charge is 0.360 e. The van der Waals surface area contributed by atoms with Crippen LogP contribution in [0.25, 0.3) is 4.96 Å². The molecule has 3 aromatic rings. The molecule has 0 saturated heterocycles. The fraction of sp³-hybridized carbons (Fsp3) is 0.333. The molecule has 0 unspecified atom stereocenters. The second kappa shape index (κ2) is 6.54. The first kappa shape index (κ1) is 14.5. The van der Waals surface area contributed by atoms with Crippen molar-refractivity contribution in [2.75, 3.05) is 11.9 Å². The van der Waals surface area contributed by atoms with E-state index < -0.39 is 0 Å². The van der Waals surface area contributed by atoms with Gasteiger partial charge in [0, 0.05) is 29.9 Å². The number of thiazole rings is 1. The average molecular weight is 339 g/mol. The molecule has 0 atom stereocenters. The van der Waals surface area contributed by atoms with Crippen molar-refractivity contribution in [2.45, 2.75) is 23.4 Å². The van der Waals surface area contributed by atoms with Crippen LogP contribution in [-0.2, 0) is 5.75 Å². The van der Waals surface area contributed by atoms with Gasteiger partial charge in [-0.2, -0.15) is 0 Å². The van der Waals surface area contributed by atoms with Crippen molar-refractivity contribution in [3.8, 4) is 0 Å². The molecule has 6 nitrogen and oxygen atoms in total. The zero-order valence-corrected chi connectivity index (χ0v) is 13.7. The van der Waals surface area contributed by atoms with Crippen molar-refractivity contribution in [1.82, 2.24) is 19.6 Å². The molecule has 0 aliphatic carbocycles. The fourth-order valence-electron chi connectivity index (χ4n) is 1.67. The number of rotatable bonds is 6. The quantitative estimate of drug-likeness (QED) is 0.696. The molecule has 21 heavy (non-hydrogen) atoms. The van der Waals surface area contributed by atoms with Crippen molar-refractivity contribution in [3.63, 3.8) is 0 Å². The number of hydrogen-bond donors (Lipinski definition) is 1. The van der Waals surface area contributed by atoms with E-state index in [-0.39, 0.29) is 5.56 Å². The molecule has 0 aromatic carbocycles. The van der Waals surface area contributed by atoms with Gasteiger partial charge >= 0.3 is 0 Å². The van der Waals surface area contributed by atoms with E-state index in [9.17, 15) is 4.79 Å². The molecular weight excluding hydrogens is 326 g/mol. The predicted octanol–water partition coefficient (Wildman–Crippen LogP) is 2.72. The van der Waals surface area contributed by atoms with Gasteiger partial charge in [0.25, 0.3) is 5.56 Å². The van der Waals surface area contributed by atoms with Crippen LogP contribution in [0.5, 0.6) is 0 Å². The van der Waals surface area contributed by atoms with Crippen LogP contribution in [0.3, 0.4) is 0 Å². The number of hydrogen-bond acceptors (Lipinski definition) is 8. The van der Waals surface area contributed by atoms with Crippen LogP contribution < -0.4 is 10.9 Å². The highest BCUT2D eigenvalue weighted by Crippen LogP contribution is 2.27. The van der Waals surface area contributed by atoms with Crippen molar-refractivity contribution >= 4 is 44.5 Å². The van der Waals surface area contributed by atoms with E-state index in [2.05, 4.69) is 27.4 Å². The van der Waals surface area contributed by atoms with Crippen LogP contribution in [0.15, 0.2) is 26.8 Å². The topological polar surface area (TPSA) is 72.2 Å². The van der Waals surface area contributed by atoms with E-state index in [0.29, 0.717) is 5.75 Å². The summed E-state index contributed by atoms with van der Waals surface area (Å²) < 4.78 is 2.43. The molecule has 0 spiro atoms. The summed E-state index contributed by atoms with van der Waals surface area (Å²) in [6.07, 6.45) is 2.79. The number of nitrogens with zero attached hydrogens (tertiary/aromatic N) is 4. The van der Waals surface area contributed by atoms with E-state index in [0.717, 1.165) is 33.1 Å². The number of nitrogens with one attached hydrogen (secondary N) is 1. The van der Waals surface area contributed by atoms with Crippen molar-refractivity contribution in [2.24, 2.45) is 0 Å². The maximum absolute atomic E-state index is 11.9. The highest BCUT2D eigenvalue weighted by molar-refractivity contribution is 8.00. The molecule has 110 valence electrons. The van der Waals surface area contributed by atoms with E-state index in [4.69, 9.17) is 0 Å². The van der Waals surface area contributed by atoms with Gasteiger partial charge in [-0.25, -0.2) is 4.98 Å². The summed E-state index contributed by atoms with van der Waals surface area (Å²) >= 11 is 4.53. The number of fused-ring (bicyclic) bond motifs is 1. The lowest BCUT2D eigenvalue weighted by atomic mass is 10.4. The zero-order valence-electron chi connectivity index (χ0n) is 11.3. The molecular formula is C12H13N5OS3.